The fourth-order valence-corrected chi connectivity index (χ4v) is 2.26. The molecular weight excluding hydrogens is 210 g/mol. The summed E-state index contributed by atoms with van der Waals surface area (Å²) < 4.78 is 0. The molecule has 1 fully saturated rings. The highest BCUT2D eigenvalue weighted by molar-refractivity contribution is 4.92. The molecule has 0 bridgehead atoms. The monoisotopic (exact) mass is 237 g/mol. The first kappa shape index (κ1) is 14.5. The molecule has 3 heteroatoms. The van der Waals surface area contributed by atoms with E-state index in [0.717, 1.165) is 25.4 Å². The lowest BCUT2D eigenvalue weighted by Gasteiger charge is -2.33. The minimum Gasteiger partial charge on any atom is -0.317 e. The molecule has 3 nitrogen and oxygen atoms in total. The highest BCUT2D eigenvalue weighted by Crippen LogP contribution is 2.22. The van der Waals surface area contributed by atoms with Gasteiger partial charge in [0.05, 0.1) is 11.5 Å². The van der Waals surface area contributed by atoms with Crippen LogP contribution >= 0.6 is 0 Å². The van der Waals surface area contributed by atoms with Gasteiger partial charge in [-0.1, -0.05) is 6.92 Å². The first-order valence-electron chi connectivity index (χ1n) is 6.91. The van der Waals surface area contributed by atoms with Crippen LogP contribution in [0.15, 0.2) is 0 Å². The van der Waals surface area contributed by atoms with Crippen LogP contribution < -0.4 is 5.32 Å². The van der Waals surface area contributed by atoms with Gasteiger partial charge in [-0.15, -0.1) is 0 Å². The molecule has 0 radical (unpaired) electrons. The lowest BCUT2D eigenvalue weighted by molar-refractivity contribution is 0.168. The third kappa shape index (κ3) is 5.52. The number of nitrogens with one attached hydrogen (secondary N) is 1. The Hall–Kier alpha value is -0.590. The average molecular weight is 237 g/mol. The first-order valence-corrected chi connectivity index (χ1v) is 6.91. The average Bonchev–Trinajstić information content (AvgIpc) is 2.35. The summed E-state index contributed by atoms with van der Waals surface area (Å²) in [6.07, 6.45) is 3.60. The van der Waals surface area contributed by atoms with Gasteiger partial charge in [0.25, 0.3) is 0 Å². The minimum absolute atomic E-state index is 0.166. The van der Waals surface area contributed by atoms with E-state index in [2.05, 4.69) is 23.2 Å². The van der Waals surface area contributed by atoms with Gasteiger partial charge in [0, 0.05) is 0 Å². The topological polar surface area (TPSA) is 39.1 Å². The summed E-state index contributed by atoms with van der Waals surface area (Å²) in [6, 6.07) is 2.38. The first-order chi connectivity index (χ1) is 8.07. The lowest BCUT2D eigenvalue weighted by Crippen LogP contribution is -2.38. The molecule has 1 rings (SSSR count). The maximum absolute atomic E-state index is 8.99. The van der Waals surface area contributed by atoms with Crippen LogP contribution in [0.1, 0.15) is 40.0 Å². The van der Waals surface area contributed by atoms with E-state index in [-0.39, 0.29) is 5.41 Å². The molecule has 17 heavy (non-hydrogen) atoms. The molecule has 1 aliphatic heterocycles. The van der Waals surface area contributed by atoms with Crippen molar-refractivity contribution in [3.63, 3.8) is 0 Å². The molecule has 0 saturated carbocycles. The van der Waals surface area contributed by atoms with Crippen molar-refractivity contribution in [1.29, 1.82) is 5.26 Å². The van der Waals surface area contributed by atoms with Crippen molar-refractivity contribution >= 4 is 0 Å². The van der Waals surface area contributed by atoms with Crippen molar-refractivity contribution in [3.8, 4) is 6.07 Å². The molecule has 1 heterocycles. The standard InChI is InChI=1S/C14H27N3/c1-4-16-11-13-5-8-17(9-6-13)10-7-14(2,3)12-15/h13,16H,4-11H2,1-3H3. The fraction of sp³-hybridized carbons (Fsp3) is 0.929. The molecule has 98 valence electrons. The van der Waals surface area contributed by atoms with Crippen LogP contribution in [0.5, 0.6) is 0 Å². The van der Waals surface area contributed by atoms with Gasteiger partial charge in [-0.25, -0.2) is 0 Å². The molecule has 0 aromatic rings. The van der Waals surface area contributed by atoms with Crippen molar-refractivity contribution in [1.82, 2.24) is 10.2 Å². The maximum atomic E-state index is 8.99. The number of likely N-dealkylation sites (tertiary alicyclic amines) is 1. The van der Waals surface area contributed by atoms with Crippen LogP contribution in [0, 0.1) is 22.7 Å². The Morgan fingerprint density at radius 1 is 1.35 bits per heavy atom. The molecule has 0 amide bonds. The smallest absolute Gasteiger partial charge is 0.0684 e. The Morgan fingerprint density at radius 2 is 2.00 bits per heavy atom. The zero-order valence-corrected chi connectivity index (χ0v) is 11.6. The molecule has 0 aromatic heterocycles. The predicted molar refractivity (Wildman–Crippen MR) is 71.7 cm³/mol. The second kappa shape index (κ2) is 6.98. The quantitative estimate of drug-likeness (QED) is 0.770. The number of hydrogen-bond donors (Lipinski definition) is 1. The Kier molecular flexibility index (Phi) is 5.94. The van der Waals surface area contributed by atoms with Crippen molar-refractivity contribution in [2.24, 2.45) is 11.3 Å². The number of nitriles is 1. The van der Waals surface area contributed by atoms with Crippen LogP contribution in [0.25, 0.3) is 0 Å². The SMILES string of the molecule is CCNCC1CCN(CCC(C)(C)C#N)CC1. The van der Waals surface area contributed by atoms with Crippen molar-refractivity contribution < 1.29 is 0 Å². The molecule has 0 unspecified atom stereocenters. The van der Waals surface area contributed by atoms with Crippen LogP contribution in [0.2, 0.25) is 0 Å². The minimum atomic E-state index is -0.166. The van der Waals surface area contributed by atoms with Crippen LogP contribution in [-0.2, 0) is 0 Å². The Labute approximate surface area is 106 Å². The highest BCUT2D eigenvalue weighted by atomic mass is 15.1. The third-order valence-electron chi connectivity index (χ3n) is 3.75. The summed E-state index contributed by atoms with van der Waals surface area (Å²) in [4.78, 5) is 2.52. The van der Waals surface area contributed by atoms with Gasteiger partial charge < -0.3 is 10.2 Å². The molecular formula is C14H27N3. The summed E-state index contributed by atoms with van der Waals surface area (Å²) in [5.41, 5.74) is -0.166. The van der Waals surface area contributed by atoms with Crippen LogP contribution in [0.4, 0.5) is 0 Å². The van der Waals surface area contributed by atoms with E-state index >= 15 is 0 Å². The highest BCUT2D eigenvalue weighted by Gasteiger charge is 2.22. The molecule has 1 saturated heterocycles. The lowest BCUT2D eigenvalue weighted by atomic mass is 9.90. The summed E-state index contributed by atoms with van der Waals surface area (Å²) >= 11 is 0. The van der Waals surface area contributed by atoms with E-state index in [1.165, 1.54) is 32.5 Å². The normalized spacial score (nSPS) is 19.2. The second-order valence-corrected chi connectivity index (χ2v) is 5.84. The van der Waals surface area contributed by atoms with E-state index in [1.54, 1.807) is 0 Å². The van der Waals surface area contributed by atoms with Gasteiger partial charge in [0.1, 0.15) is 0 Å². The van der Waals surface area contributed by atoms with Gasteiger partial charge >= 0.3 is 0 Å². The van der Waals surface area contributed by atoms with Crippen molar-refractivity contribution in [2.45, 2.75) is 40.0 Å². The van der Waals surface area contributed by atoms with Crippen molar-refractivity contribution in [2.75, 3.05) is 32.7 Å². The Balaban J connectivity index is 2.17. The van der Waals surface area contributed by atoms with Gasteiger partial charge in [-0.2, -0.15) is 5.26 Å². The van der Waals surface area contributed by atoms with E-state index in [1.807, 2.05) is 13.8 Å². The Morgan fingerprint density at radius 3 is 2.53 bits per heavy atom. The Bertz CT molecular complexity index is 247. The van der Waals surface area contributed by atoms with Crippen molar-refractivity contribution in [3.05, 3.63) is 0 Å². The number of hydrogen-bond acceptors (Lipinski definition) is 3. The largest absolute Gasteiger partial charge is 0.317 e. The van der Waals surface area contributed by atoms with Gasteiger partial charge in [-0.3, -0.25) is 0 Å². The predicted octanol–water partition coefficient (Wildman–Crippen LogP) is 2.25. The van der Waals surface area contributed by atoms with E-state index in [9.17, 15) is 0 Å². The zero-order chi connectivity index (χ0) is 12.7. The van der Waals surface area contributed by atoms with E-state index in [0.29, 0.717) is 0 Å². The van der Waals surface area contributed by atoms with Crippen LogP contribution in [-0.4, -0.2) is 37.6 Å². The molecule has 0 aromatic carbocycles. The molecule has 0 aliphatic carbocycles. The molecule has 0 spiro atoms. The molecule has 1 aliphatic rings. The summed E-state index contributed by atoms with van der Waals surface area (Å²) in [7, 11) is 0. The number of piperidine rings is 1. The zero-order valence-electron chi connectivity index (χ0n) is 11.6. The third-order valence-corrected chi connectivity index (χ3v) is 3.75. The number of nitrogens with zero attached hydrogens (tertiary/aromatic N) is 2. The van der Waals surface area contributed by atoms with E-state index in [4.69, 9.17) is 5.26 Å². The summed E-state index contributed by atoms with van der Waals surface area (Å²) in [5.74, 6) is 0.857. The van der Waals surface area contributed by atoms with Gasteiger partial charge in [0.2, 0.25) is 0 Å². The van der Waals surface area contributed by atoms with Gasteiger partial charge in [-0.05, 0) is 71.8 Å². The van der Waals surface area contributed by atoms with E-state index < -0.39 is 0 Å². The van der Waals surface area contributed by atoms with Gasteiger partial charge in [0.15, 0.2) is 0 Å². The second-order valence-electron chi connectivity index (χ2n) is 5.84. The fourth-order valence-electron chi connectivity index (χ4n) is 2.26. The summed E-state index contributed by atoms with van der Waals surface area (Å²) in [6.45, 7) is 12.0. The number of rotatable bonds is 6. The summed E-state index contributed by atoms with van der Waals surface area (Å²) in [5, 5.41) is 12.4. The van der Waals surface area contributed by atoms with Crippen LogP contribution in [0.3, 0.4) is 0 Å². The maximum Gasteiger partial charge on any atom is 0.0684 e. The molecule has 1 N–H and O–H groups in total. The molecule has 0 atom stereocenters.